The molecule has 1 aromatic carbocycles. The number of ether oxygens (including phenoxy) is 1. The predicted molar refractivity (Wildman–Crippen MR) is 101 cm³/mol. The van der Waals surface area contributed by atoms with Crippen molar-refractivity contribution in [3.05, 3.63) is 65.4 Å². The lowest BCUT2D eigenvalue weighted by molar-refractivity contribution is -0.137. The molecule has 1 N–H and O–H groups in total. The summed E-state index contributed by atoms with van der Waals surface area (Å²) >= 11 is 0. The average Bonchev–Trinajstić information content (AvgIpc) is 2.98. The number of imidazole rings is 1. The summed E-state index contributed by atoms with van der Waals surface area (Å²) in [5.74, 6) is -1.84. The number of carboxylic acid groups (broad SMARTS) is 1. The van der Waals surface area contributed by atoms with Crippen LogP contribution in [-0.2, 0) is 4.79 Å². The lowest BCUT2D eigenvalue weighted by Gasteiger charge is -2.15. The molecule has 0 saturated heterocycles. The second kappa shape index (κ2) is 8.21. The molecule has 6 nitrogen and oxygen atoms in total. The van der Waals surface area contributed by atoms with Gasteiger partial charge in [0.1, 0.15) is 11.5 Å². The normalized spacial score (nSPS) is 12.1. The molecule has 0 unspecified atom stereocenters. The Labute approximate surface area is 161 Å². The van der Waals surface area contributed by atoms with Crippen molar-refractivity contribution in [2.24, 2.45) is 0 Å². The zero-order valence-electron chi connectivity index (χ0n) is 15.7. The highest BCUT2D eigenvalue weighted by Crippen LogP contribution is 2.28. The van der Waals surface area contributed by atoms with Gasteiger partial charge in [-0.15, -0.1) is 0 Å². The molecule has 2 aromatic heterocycles. The largest absolute Gasteiger partial charge is 0.490 e. The number of carbonyl (C=O) groups excluding carboxylic acids is 1. The van der Waals surface area contributed by atoms with Crippen LogP contribution in [0, 0.1) is 12.7 Å². The maximum Gasteiger partial charge on any atom is 0.303 e. The first-order valence-electron chi connectivity index (χ1n) is 9.01. The van der Waals surface area contributed by atoms with E-state index >= 15 is 0 Å². The van der Waals surface area contributed by atoms with Gasteiger partial charge in [-0.25, -0.2) is 9.37 Å². The van der Waals surface area contributed by atoms with E-state index in [1.807, 2.05) is 6.92 Å². The second-order valence-electron chi connectivity index (χ2n) is 6.52. The standard InChI is InChI=1S/C21H21FN2O4/c1-3-28-18-8-5-9-24-20(13(2)23-21(18)24)17(25)11-15(12-19(26)27)14-6-4-7-16(22)10-14/h4-10,15H,3,11-12H2,1-2H3,(H,26,27)/t15-/m0/s1. The van der Waals surface area contributed by atoms with Crippen molar-refractivity contribution in [1.82, 2.24) is 9.38 Å². The van der Waals surface area contributed by atoms with Gasteiger partial charge in [-0.05, 0) is 43.7 Å². The van der Waals surface area contributed by atoms with Gasteiger partial charge in [0.25, 0.3) is 0 Å². The first-order chi connectivity index (χ1) is 13.4. The molecule has 2 heterocycles. The summed E-state index contributed by atoms with van der Waals surface area (Å²) in [6.07, 6.45) is 1.39. The van der Waals surface area contributed by atoms with Gasteiger partial charge < -0.3 is 9.84 Å². The van der Waals surface area contributed by atoms with Crippen LogP contribution in [0.15, 0.2) is 42.6 Å². The number of fused-ring (bicyclic) bond motifs is 1. The number of benzene rings is 1. The van der Waals surface area contributed by atoms with Crippen LogP contribution in [0.1, 0.15) is 47.4 Å². The van der Waals surface area contributed by atoms with E-state index in [1.165, 1.54) is 18.2 Å². The van der Waals surface area contributed by atoms with Crippen LogP contribution >= 0.6 is 0 Å². The van der Waals surface area contributed by atoms with Crippen LogP contribution in [0.3, 0.4) is 0 Å². The number of halogens is 1. The first kappa shape index (κ1) is 19.5. The number of nitrogens with zero attached hydrogens (tertiary/aromatic N) is 2. The molecule has 0 aliphatic carbocycles. The van der Waals surface area contributed by atoms with E-state index in [9.17, 15) is 19.1 Å². The lowest BCUT2D eigenvalue weighted by Crippen LogP contribution is -2.14. The minimum Gasteiger partial charge on any atom is -0.490 e. The van der Waals surface area contributed by atoms with Gasteiger partial charge >= 0.3 is 5.97 Å². The zero-order valence-corrected chi connectivity index (χ0v) is 15.7. The number of hydrogen-bond donors (Lipinski definition) is 1. The number of carboxylic acids is 1. The van der Waals surface area contributed by atoms with E-state index in [0.29, 0.717) is 35.0 Å². The SMILES string of the molecule is CCOc1cccn2c(C(=O)C[C@@H](CC(=O)O)c3cccc(F)c3)c(C)nc12. The molecule has 0 spiro atoms. The van der Waals surface area contributed by atoms with Gasteiger partial charge in [0.15, 0.2) is 17.2 Å². The number of pyridine rings is 1. The average molecular weight is 384 g/mol. The smallest absolute Gasteiger partial charge is 0.303 e. The summed E-state index contributed by atoms with van der Waals surface area (Å²) in [6, 6.07) is 9.25. The van der Waals surface area contributed by atoms with Gasteiger partial charge in [0, 0.05) is 18.5 Å². The molecule has 28 heavy (non-hydrogen) atoms. The molecule has 0 aliphatic rings. The molecule has 0 amide bonds. The summed E-state index contributed by atoms with van der Waals surface area (Å²) in [4.78, 5) is 28.8. The zero-order chi connectivity index (χ0) is 20.3. The third-order valence-electron chi connectivity index (χ3n) is 4.53. The van der Waals surface area contributed by atoms with E-state index in [-0.39, 0.29) is 18.6 Å². The Hall–Kier alpha value is -3.22. The third-order valence-corrected chi connectivity index (χ3v) is 4.53. The van der Waals surface area contributed by atoms with Crippen molar-refractivity contribution in [2.75, 3.05) is 6.61 Å². The van der Waals surface area contributed by atoms with Crippen molar-refractivity contribution in [2.45, 2.75) is 32.6 Å². The fraction of sp³-hybridized carbons (Fsp3) is 0.286. The number of ketones is 1. The predicted octanol–water partition coefficient (Wildman–Crippen LogP) is 4.01. The molecule has 146 valence electrons. The number of rotatable bonds is 8. The van der Waals surface area contributed by atoms with E-state index in [4.69, 9.17) is 4.74 Å². The van der Waals surface area contributed by atoms with Gasteiger partial charge in [0.2, 0.25) is 0 Å². The third kappa shape index (κ3) is 4.03. The number of carbonyl (C=O) groups is 2. The topological polar surface area (TPSA) is 80.9 Å². The van der Waals surface area contributed by atoms with Gasteiger partial charge in [-0.3, -0.25) is 14.0 Å². The molecule has 1 atom stereocenters. The van der Waals surface area contributed by atoms with E-state index in [0.717, 1.165) is 0 Å². The van der Waals surface area contributed by atoms with Gasteiger partial charge in [-0.1, -0.05) is 12.1 Å². The molecule has 0 aliphatic heterocycles. The maximum atomic E-state index is 13.6. The maximum absolute atomic E-state index is 13.6. The van der Waals surface area contributed by atoms with Crippen molar-refractivity contribution in [3.8, 4) is 5.75 Å². The molecular weight excluding hydrogens is 363 g/mol. The summed E-state index contributed by atoms with van der Waals surface area (Å²) in [5, 5.41) is 9.24. The molecule has 0 radical (unpaired) electrons. The Morgan fingerprint density at radius 2 is 2.04 bits per heavy atom. The summed E-state index contributed by atoms with van der Waals surface area (Å²) in [7, 11) is 0. The Bertz CT molecular complexity index is 1030. The molecule has 0 fully saturated rings. The Morgan fingerprint density at radius 3 is 2.71 bits per heavy atom. The lowest BCUT2D eigenvalue weighted by atomic mass is 9.89. The summed E-state index contributed by atoms with van der Waals surface area (Å²) < 4.78 is 20.8. The van der Waals surface area contributed by atoms with Crippen molar-refractivity contribution >= 4 is 17.4 Å². The summed E-state index contributed by atoms with van der Waals surface area (Å²) in [6.45, 7) is 4.06. The number of Topliss-reactive ketones (excluding diaryl/α,β-unsaturated/α-hetero) is 1. The van der Waals surface area contributed by atoms with Crippen molar-refractivity contribution in [3.63, 3.8) is 0 Å². The van der Waals surface area contributed by atoms with Crippen LogP contribution in [0.4, 0.5) is 4.39 Å². The Balaban J connectivity index is 1.97. The molecule has 3 rings (SSSR count). The number of hydrogen-bond acceptors (Lipinski definition) is 4. The quantitative estimate of drug-likeness (QED) is 0.594. The van der Waals surface area contributed by atoms with E-state index in [1.54, 1.807) is 35.7 Å². The van der Waals surface area contributed by atoms with Crippen LogP contribution in [0.2, 0.25) is 0 Å². The first-order valence-corrected chi connectivity index (χ1v) is 9.01. The molecule has 0 saturated carbocycles. The fourth-order valence-electron chi connectivity index (χ4n) is 3.36. The number of aromatic nitrogens is 2. The molecular formula is C21H21FN2O4. The van der Waals surface area contributed by atoms with Gasteiger partial charge in [0.05, 0.1) is 18.7 Å². The number of aryl methyl sites for hydroxylation is 1. The fourth-order valence-corrected chi connectivity index (χ4v) is 3.36. The van der Waals surface area contributed by atoms with Crippen molar-refractivity contribution < 1.29 is 23.8 Å². The molecule has 3 aromatic rings. The highest BCUT2D eigenvalue weighted by atomic mass is 19.1. The monoisotopic (exact) mass is 384 g/mol. The van der Waals surface area contributed by atoms with Crippen LogP contribution in [0.5, 0.6) is 5.75 Å². The summed E-state index contributed by atoms with van der Waals surface area (Å²) in [5.41, 5.74) is 1.93. The van der Waals surface area contributed by atoms with Crippen LogP contribution < -0.4 is 4.74 Å². The van der Waals surface area contributed by atoms with Crippen molar-refractivity contribution in [1.29, 1.82) is 0 Å². The van der Waals surface area contributed by atoms with Crippen LogP contribution in [0.25, 0.3) is 5.65 Å². The minimum absolute atomic E-state index is 0.0662. The van der Waals surface area contributed by atoms with Gasteiger partial charge in [-0.2, -0.15) is 0 Å². The minimum atomic E-state index is -1.05. The highest BCUT2D eigenvalue weighted by Gasteiger charge is 2.25. The second-order valence-corrected chi connectivity index (χ2v) is 6.52. The van der Waals surface area contributed by atoms with E-state index < -0.39 is 17.7 Å². The van der Waals surface area contributed by atoms with E-state index in [2.05, 4.69) is 4.98 Å². The molecule has 7 heteroatoms. The molecule has 0 bridgehead atoms. The van der Waals surface area contributed by atoms with Crippen LogP contribution in [-0.4, -0.2) is 32.9 Å². The highest BCUT2D eigenvalue weighted by molar-refractivity contribution is 5.97. The Morgan fingerprint density at radius 1 is 1.25 bits per heavy atom. The Kier molecular flexibility index (Phi) is 5.73. The number of aliphatic carboxylic acids is 1.